The van der Waals surface area contributed by atoms with E-state index in [-0.39, 0.29) is 5.82 Å². The van der Waals surface area contributed by atoms with Crippen molar-refractivity contribution in [3.05, 3.63) is 30.1 Å². The summed E-state index contributed by atoms with van der Waals surface area (Å²) in [6.07, 6.45) is 1.95. The maximum Gasteiger partial charge on any atom is 0.146 e. The van der Waals surface area contributed by atoms with Crippen LogP contribution >= 0.6 is 0 Å². The Bertz CT molecular complexity index is 250. The van der Waals surface area contributed by atoms with Crippen molar-refractivity contribution in [1.82, 2.24) is 0 Å². The first-order chi connectivity index (χ1) is 6.34. The maximum atomic E-state index is 13.0. The molecule has 0 saturated carbocycles. The molecule has 1 rings (SSSR count). The van der Waals surface area contributed by atoms with E-state index < -0.39 is 0 Å². The van der Waals surface area contributed by atoms with Gasteiger partial charge in [0.2, 0.25) is 0 Å². The number of nitrogens with one attached hydrogen (secondary N) is 1. The average Bonchev–Trinajstić information content (AvgIpc) is 2.15. The summed E-state index contributed by atoms with van der Waals surface area (Å²) in [5.41, 5.74) is 5.91. The van der Waals surface area contributed by atoms with Crippen LogP contribution in [0.3, 0.4) is 0 Å². The highest BCUT2D eigenvalue weighted by Crippen LogP contribution is 2.11. The van der Waals surface area contributed by atoms with Gasteiger partial charge in [0.25, 0.3) is 0 Å². The number of rotatable bonds is 5. The number of anilines is 1. The summed E-state index contributed by atoms with van der Waals surface area (Å²) in [6, 6.07) is 6.68. The Balaban J connectivity index is 2.32. The fourth-order valence-electron chi connectivity index (χ4n) is 1.10. The summed E-state index contributed by atoms with van der Waals surface area (Å²) in [7, 11) is 0. The zero-order valence-electron chi connectivity index (χ0n) is 7.59. The minimum absolute atomic E-state index is 0.199. The van der Waals surface area contributed by atoms with E-state index in [1.54, 1.807) is 12.1 Å². The summed E-state index contributed by atoms with van der Waals surface area (Å²) in [5.74, 6) is -0.199. The Labute approximate surface area is 77.9 Å². The molecule has 0 radical (unpaired) electrons. The number of para-hydroxylation sites is 1. The van der Waals surface area contributed by atoms with Gasteiger partial charge in [-0.1, -0.05) is 12.1 Å². The van der Waals surface area contributed by atoms with Crippen LogP contribution in [0.5, 0.6) is 0 Å². The molecule has 3 heteroatoms. The van der Waals surface area contributed by atoms with Crippen LogP contribution < -0.4 is 11.1 Å². The minimum atomic E-state index is -0.199. The predicted octanol–water partition coefficient (Wildman–Crippen LogP) is 1.98. The molecule has 0 aliphatic carbocycles. The molecule has 0 aliphatic heterocycles. The molecule has 1 aromatic rings. The zero-order chi connectivity index (χ0) is 9.52. The van der Waals surface area contributed by atoms with Crippen molar-refractivity contribution in [3.63, 3.8) is 0 Å². The van der Waals surface area contributed by atoms with Gasteiger partial charge in [-0.3, -0.25) is 0 Å². The monoisotopic (exact) mass is 182 g/mol. The van der Waals surface area contributed by atoms with Gasteiger partial charge < -0.3 is 11.1 Å². The van der Waals surface area contributed by atoms with E-state index in [9.17, 15) is 4.39 Å². The van der Waals surface area contributed by atoms with Crippen LogP contribution in [-0.4, -0.2) is 13.1 Å². The first kappa shape index (κ1) is 9.99. The summed E-state index contributed by atoms with van der Waals surface area (Å²) >= 11 is 0. The van der Waals surface area contributed by atoms with Gasteiger partial charge in [-0.2, -0.15) is 0 Å². The highest BCUT2D eigenvalue weighted by molar-refractivity contribution is 5.44. The largest absolute Gasteiger partial charge is 0.383 e. The number of nitrogens with two attached hydrogens (primary N) is 1. The maximum absolute atomic E-state index is 13.0. The van der Waals surface area contributed by atoms with Crippen LogP contribution in [-0.2, 0) is 0 Å². The van der Waals surface area contributed by atoms with Crippen LogP contribution in [0.25, 0.3) is 0 Å². The Kier molecular flexibility index (Phi) is 4.26. The summed E-state index contributed by atoms with van der Waals surface area (Å²) < 4.78 is 13.0. The molecule has 0 bridgehead atoms. The smallest absolute Gasteiger partial charge is 0.146 e. The molecule has 0 aromatic heterocycles. The molecule has 3 N–H and O–H groups in total. The lowest BCUT2D eigenvalue weighted by Gasteiger charge is -2.05. The van der Waals surface area contributed by atoms with Gasteiger partial charge in [-0.15, -0.1) is 0 Å². The predicted molar refractivity (Wildman–Crippen MR) is 53.2 cm³/mol. The Morgan fingerprint density at radius 2 is 2.00 bits per heavy atom. The molecule has 0 spiro atoms. The van der Waals surface area contributed by atoms with Crippen LogP contribution in [0.4, 0.5) is 10.1 Å². The Hall–Kier alpha value is -1.09. The standard InChI is InChI=1S/C10H15FN2/c11-9-5-1-2-6-10(9)13-8-4-3-7-12/h1-2,5-6,13H,3-4,7-8,12H2. The Morgan fingerprint density at radius 3 is 2.69 bits per heavy atom. The summed E-state index contributed by atoms with van der Waals surface area (Å²) in [5, 5.41) is 3.02. The van der Waals surface area contributed by atoms with Crippen molar-refractivity contribution in [2.45, 2.75) is 12.8 Å². The summed E-state index contributed by atoms with van der Waals surface area (Å²) in [6.45, 7) is 1.47. The van der Waals surface area contributed by atoms with E-state index in [2.05, 4.69) is 5.32 Å². The molecule has 72 valence electrons. The number of hydrogen-bond acceptors (Lipinski definition) is 2. The molecule has 0 amide bonds. The zero-order valence-corrected chi connectivity index (χ0v) is 7.59. The number of unbranched alkanes of at least 4 members (excludes halogenated alkanes) is 1. The molecule has 2 nitrogen and oxygen atoms in total. The van der Waals surface area contributed by atoms with E-state index in [4.69, 9.17) is 5.73 Å². The molecule has 0 unspecified atom stereocenters. The second kappa shape index (κ2) is 5.54. The molecule has 0 saturated heterocycles. The fraction of sp³-hybridized carbons (Fsp3) is 0.400. The molecule has 13 heavy (non-hydrogen) atoms. The average molecular weight is 182 g/mol. The molecule has 1 aromatic carbocycles. The molecule has 0 fully saturated rings. The lowest BCUT2D eigenvalue weighted by Crippen LogP contribution is -2.06. The minimum Gasteiger partial charge on any atom is -0.383 e. The molecular weight excluding hydrogens is 167 g/mol. The number of halogens is 1. The number of hydrogen-bond donors (Lipinski definition) is 2. The normalized spacial score (nSPS) is 10.0. The van der Waals surface area contributed by atoms with E-state index in [1.165, 1.54) is 6.07 Å². The highest BCUT2D eigenvalue weighted by Gasteiger charge is 1.97. The third-order valence-corrected chi connectivity index (χ3v) is 1.82. The molecule has 0 aliphatic rings. The summed E-state index contributed by atoms with van der Waals surface area (Å²) in [4.78, 5) is 0. The Morgan fingerprint density at radius 1 is 1.23 bits per heavy atom. The second-order valence-corrected chi connectivity index (χ2v) is 2.90. The molecular formula is C10H15FN2. The molecule has 0 heterocycles. The van der Waals surface area contributed by atoms with Crippen molar-refractivity contribution in [3.8, 4) is 0 Å². The first-order valence-electron chi connectivity index (χ1n) is 4.53. The van der Waals surface area contributed by atoms with Crippen LogP contribution in [0.15, 0.2) is 24.3 Å². The van der Waals surface area contributed by atoms with Crippen molar-refractivity contribution in [1.29, 1.82) is 0 Å². The van der Waals surface area contributed by atoms with Crippen molar-refractivity contribution in [2.75, 3.05) is 18.4 Å². The lowest BCUT2D eigenvalue weighted by molar-refractivity contribution is 0.629. The van der Waals surface area contributed by atoms with E-state index in [0.29, 0.717) is 12.2 Å². The lowest BCUT2D eigenvalue weighted by atomic mass is 10.2. The van der Waals surface area contributed by atoms with Gasteiger partial charge >= 0.3 is 0 Å². The number of benzene rings is 1. The van der Waals surface area contributed by atoms with Gasteiger partial charge in [0.15, 0.2) is 0 Å². The van der Waals surface area contributed by atoms with E-state index in [0.717, 1.165) is 19.4 Å². The third kappa shape index (κ3) is 3.42. The van der Waals surface area contributed by atoms with Crippen LogP contribution in [0.1, 0.15) is 12.8 Å². The topological polar surface area (TPSA) is 38.0 Å². The third-order valence-electron chi connectivity index (χ3n) is 1.82. The van der Waals surface area contributed by atoms with Gasteiger partial charge in [0, 0.05) is 6.54 Å². The van der Waals surface area contributed by atoms with Crippen molar-refractivity contribution >= 4 is 5.69 Å². The van der Waals surface area contributed by atoms with Crippen LogP contribution in [0.2, 0.25) is 0 Å². The van der Waals surface area contributed by atoms with Gasteiger partial charge in [0.1, 0.15) is 5.82 Å². The van der Waals surface area contributed by atoms with Gasteiger partial charge in [-0.05, 0) is 31.5 Å². The first-order valence-corrected chi connectivity index (χ1v) is 4.53. The van der Waals surface area contributed by atoms with Crippen LogP contribution in [0, 0.1) is 5.82 Å². The second-order valence-electron chi connectivity index (χ2n) is 2.90. The van der Waals surface area contributed by atoms with Gasteiger partial charge in [-0.25, -0.2) is 4.39 Å². The fourth-order valence-corrected chi connectivity index (χ4v) is 1.10. The van der Waals surface area contributed by atoms with Crippen molar-refractivity contribution < 1.29 is 4.39 Å². The van der Waals surface area contributed by atoms with E-state index >= 15 is 0 Å². The highest BCUT2D eigenvalue weighted by atomic mass is 19.1. The van der Waals surface area contributed by atoms with Crippen molar-refractivity contribution in [2.24, 2.45) is 5.73 Å². The SMILES string of the molecule is NCCCCNc1ccccc1F. The quantitative estimate of drug-likeness (QED) is 0.683. The van der Waals surface area contributed by atoms with Gasteiger partial charge in [0.05, 0.1) is 5.69 Å². The van der Waals surface area contributed by atoms with E-state index in [1.807, 2.05) is 6.07 Å². The molecule has 0 atom stereocenters.